The summed E-state index contributed by atoms with van der Waals surface area (Å²) in [6.07, 6.45) is 2.18. The normalized spacial score (nSPS) is 19.9. The highest BCUT2D eigenvalue weighted by atomic mass is 31.2. The standard InChI is InChI=1S/C20H20NO2P/c1-23-15-8-9-18-16(12-15)20(14-6-4-3-5-7-14)17-13-24(2,22)11-10-19(17)21-18/h3-9,12H,10-11,13H2,1-2H3. The second-order valence-electron chi connectivity index (χ2n) is 6.59. The van der Waals surface area contributed by atoms with Crippen LogP contribution in [0.25, 0.3) is 22.0 Å². The van der Waals surface area contributed by atoms with Gasteiger partial charge >= 0.3 is 0 Å². The van der Waals surface area contributed by atoms with E-state index in [1.54, 1.807) is 7.11 Å². The van der Waals surface area contributed by atoms with Crippen molar-refractivity contribution in [2.24, 2.45) is 0 Å². The molecule has 0 N–H and O–H groups in total. The summed E-state index contributed by atoms with van der Waals surface area (Å²) in [6, 6.07) is 16.3. The summed E-state index contributed by atoms with van der Waals surface area (Å²) in [7, 11) is -0.458. The van der Waals surface area contributed by atoms with Gasteiger partial charge in [0, 0.05) is 23.4 Å². The quantitative estimate of drug-likeness (QED) is 0.621. The van der Waals surface area contributed by atoms with Crippen molar-refractivity contribution in [2.75, 3.05) is 19.9 Å². The minimum absolute atomic E-state index is 0.632. The second kappa shape index (κ2) is 5.75. The second-order valence-corrected chi connectivity index (χ2v) is 9.95. The van der Waals surface area contributed by atoms with Crippen molar-refractivity contribution in [3.8, 4) is 16.9 Å². The highest BCUT2D eigenvalue weighted by Gasteiger charge is 2.28. The van der Waals surface area contributed by atoms with E-state index < -0.39 is 7.14 Å². The molecule has 24 heavy (non-hydrogen) atoms. The first-order chi connectivity index (χ1) is 11.6. The molecule has 2 heterocycles. The first-order valence-electron chi connectivity index (χ1n) is 8.18. The van der Waals surface area contributed by atoms with Gasteiger partial charge in [0.25, 0.3) is 0 Å². The number of ether oxygens (including phenoxy) is 1. The maximum absolute atomic E-state index is 12.8. The van der Waals surface area contributed by atoms with Gasteiger partial charge in [0.05, 0.1) is 19.8 Å². The predicted octanol–water partition coefficient (Wildman–Crippen LogP) is 4.96. The molecular formula is C20H20NO2P. The van der Waals surface area contributed by atoms with Crippen molar-refractivity contribution in [1.82, 2.24) is 4.98 Å². The molecule has 3 aromatic rings. The van der Waals surface area contributed by atoms with Gasteiger partial charge in [-0.2, -0.15) is 0 Å². The minimum atomic E-state index is -2.13. The van der Waals surface area contributed by atoms with Crippen molar-refractivity contribution in [1.29, 1.82) is 0 Å². The largest absolute Gasteiger partial charge is 0.497 e. The Morgan fingerprint density at radius 3 is 2.67 bits per heavy atom. The Kier molecular flexibility index (Phi) is 3.69. The maximum Gasteiger partial charge on any atom is 0.119 e. The summed E-state index contributed by atoms with van der Waals surface area (Å²) in [5.74, 6) is 0.817. The van der Waals surface area contributed by atoms with Crippen molar-refractivity contribution < 1.29 is 9.30 Å². The van der Waals surface area contributed by atoms with Crippen LogP contribution in [-0.2, 0) is 17.1 Å². The molecule has 4 rings (SSSR count). The fourth-order valence-electron chi connectivity index (χ4n) is 3.53. The van der Waals surface area contributed by atoms with Gasteiger partial charge in [0.1, 0.15) is 5.75 Å². The summed E-state index contributed by atoms with van der Waals surface area (Å²) in [5, 5.41) is 1.07. The first kappa shape index (κ1) is 15.4. The van der Waals surface area contributed by atoms with Crippen LogP contribution in [-0.4, -0.2) is 24.9 Å². The summed E-state index contributed by atoms with van der Waals surface area (Å²) >= 11 is 0. The number of aryl methyl sites for hydroxylation is 1. The van der Waals surface area contributed by atoms with E-state index in [1.165, 1.54) is 0 Å². The van der Waals surface area contributed by atoms with E-state index in [4.69, 9.17) is 9.72 Å². The van der Waals surface area contributed by atoms with Crippen LogP contribution >= 0.6 is 7.14 Å². The third-order valence-corrected chi connectivity index (χ3v) is 6.91. The van der Waals surface area contributed by atoms with Crippen molar-refractivity contribution in [3.05, 3.63) is 59.8 Å². The maximum atomic E-state index is 12.8. The number of fused-ring (bicyclic) bond motifs is 2. The number of rotatable bonds is 2. The average molecular weight is 337 g/mol. The summed E-state index contributed by atoms with van der Waals surface area (Å²) in [4.78, 5) is 4.87. The monoisotopic (exact) mass is 337 g/mol. The fourth-order valence-corrected chi connectivity index (χ4v) is 5.38. The molecule has 0 radical (unpaired) electrons. The van der Waals surface area contributed by atoms with Crippen LogP contribution < -0.4 is 4.74 Å². The Bertz CT molecular complexity index is 966. The topological polar surface area (TPSA) is 39.2 Å². The predicted molar refractivity (Wildman–Crippen MR) is 99.5 cm³/mol. The van der Waals surface area contributed by atoms with Gasteiger partial charge in [-0.3, -0.25) is 4.98 Å². The number of benzene rings is 2. The van der Waals surface area contributed by atoms with Gasteiger partial charge in [-0.25, -0.2) is 0 Å². The molecule has 122 valence electrons. The van der Waals surface area contributed by atoms with Crippen LogP contribution in [0.15, 0.2) is 48.5 Å². The molecule has 1 aromatic heterocycles. The molecule has 0 saturated heterocycles. The Labute approximate surface area is 142 Å². The van der Waals surface area contributed by atoms with Crippen LogP contribution in [0.1, 0.15) is 11.3 Å². The smallest absolute Gasteiger partial charge is 0.119 e. The minimum Gasteiger partial charge on any atom is -0.497 e. The molecule has 1 atom stereocenters. The van der Waals surface area contributed by atoms with Crippen LogP contribution in [0, 0.1) is 0 Å². The van der Waals surface area contributed by atoms with E-state index in [1.807, 2.05) is 43.1 Å². The molecule has 0 amide bonds. The van der Waals surface area contributed by atoms with E-state index in [9.17, 15) is 4.57 Å². The lowest BCUT2D eigenvalue weighted by Crippen LogP contribution is -2.12. The van der Waals surface area contributed by atoms with E-state index in [2.05, 4.69) is 12.1 Å². The number of hydrogen-bond donors (Lipinski definition) is 0. The highest BCUT2D eigenvalue weighted by molar-refractivity contribution is 7.62. The van der Waals surface area contributed by atoms with E-state index in [0.29, 0.717) is 6.16 Å². The molecular weight excluding hydrogens is 317 g/mol. The lowest BCUT2D eigenvalue weighted by atomic mass is 9.94. The van der Waals surface area contributed by atoms with Gasteiger partial charge in [-0.05, 0) is 48.0 Å². The van der Waals surface area contributed by atoms with E-state index >= 15 is 0 Å². The van der Waals surface area contributed by atoms with Crippen LogP contribution in [0.2, 0.25) is 0 Å². The summed E-state index contributed by atoms with van der Waals surface area (Å²) in [5.41, 5.74) is 5.53. The van der Waals surface area contributed by atoms with Gasteiger partial charge in [0.2, 0.25) is 0 Å². The fraction of sp³-hybridized carbons (Fsp3) is 0.250. The number of hydrogen-bond acceptors (Lipinski definition) is 3. The molecule has 0 bridgehead atoms. The molecule has 0 fully saturated rings. The van der Waals surface area contributed by atoms with Gasteiger partial charge < -0.3 is 9.30 Å². The lowest BCUT2D eigenvalue weighted by Gasteiger charge is -2.25. The Morgan fingerprint density at radius 2 is 1.92 bits per heavy atom. The number of aromatic nitrogens is 1. The van der Waals surface area contributed by atoms with Crippen molar-refractivity contribution >= 4 is 18.0 Å². The van der Waals surface area contributed by atoms with Gasteiger partial charge in [-0.1, -0.05) is 30.3 Å². The molecule has 4 heteroatoms. The molecule has 1 unspecified atom stereocenters. The molecule has 0 saturated carbocycles. The molecule has 2 aromatic carbocycles. The number of methoxy groups -OCH3 is 1. The molecule has 1 aliphatic heterocycles. The average Bonchev–Trinajstić information content (AvgIpc) is 2.59. The molecule has 3 nitrogen and oxygen atoms in total. The van der Waals surface area contributed by atoms with Gasteiger partial charge in [-0.15, -0.1) is 0 Å². The zero-order valence-electron chi connectivity index (χ0n) is 14.0. The Hall–Kier alpha value is -2.12. The number of nitrogens with zero attached hydrogens (tertiary/aromatic N) is 1. The zero-order chi connectivity index (χ0) is 16.7. The number of pyridine rings is 1. The van der Waals surface area contributed by atoms with E-state index in [-0.39, 0.29) is 0 Å². The van der Waals surface area contributed by atoms with E-state index in [0.717, 1.165) is 51.6 Å². The third kappa shape index (κ3) is 2.63. The Morgan fingerprint density at radius 1 is 1.12 bits per heavy atom. The SMILES string of the molecule is COc1ccc2nc3c(c(-c4ccccc4)c2c1)CP(C)(=O)CC3. The highest BCUT2D eigenvalue weighted by Crippen LogP contribution is 2.52. The first-order valence-corrected chi connectivity index (χ1v) is 10.7. The summed E-state index contributed by atoms with van der Waals surface area (Å²) in [6.45, 7) is 1.92. The van der Waals surface area contributed by atoms with Crippen LogP contribution in [0.4, 0.5) is 0 Å². The van der Waals surface area contributed by atoms with Crippen molar-refractivity contribution in [3.63, 3.8) is 0 Å². The lowest BCUT2D eigenvalue weighted by molar-refractivity contribution is 0.415. The van der Waals surface area contributed by atoms with Crippen molar-refractivity contribution in [2.45, 2.75) is 12.6 Å². The third-order valence-electron chi connectivity index (χ3n) is 4.76. The van der Waals surface area contributed by atoms with Crippen LogP contribution in [0.5, 0.6) is 5.75 Å². The zero-order valence-corrected chi connectivity index (χ0v) is 14.8. The van der Waals surface area contributed by atoms with Crippen LogP contribution in [0.3, 0.4) is 0 Å². The molecule has 0 aliphatic carbocycles. The molecule has 0 spiro atoms. The summed E-state index contributed by atoms with van der Waals surface area (Å²) < 4.78 is 18.2. The molecule has 1 aliphatic rings. The Balaban J connectivity index is 2.09. The van der Waals surface area contributed by atoms with Gasteiger partial charge in [0.15, 0.2) is 0 Å².